The zero-order valence-electron chi connectivity index (χ0n) is 16.4. The predicted octanol–water partition coefficient (Wildman–Crippen LogP) is 3.42. The Bertz CT molecular complexity index is 1000. The van der Waals surface area contributed by atoms with Crippen molar-refractivity contribution in [2.45, 2.75) is 12.6 Å². The quantitative estimate of drug-likeness (QED) is 0.557. The Labute approximate surface area is 183 Å². The molecule has 6 nitrogen and oxygen atoms in total. The number of hydrogen-bond acceptors (Lipinski definition) is 5. The Morgan fingerprint density at radius 3 is 2.37 bits per heavy atom. The predicted molar refractivity (Wildman–Crippen MR) is 120 cm³/mol. The number of piperazine rings is 1. The Morgan fingerprint density at radius 2 is 1.73 bits per heavy atom. The number of aromatic nitrogens is 2. The van der Waals surface area contributed by atoms with E-state index in [1.165, 1.54) is 12.1 Å². The molecule has 156 valence electrons. The van der Waals surface area contributed by atoms with Crippen LogP contribution in [0.4, 0.5) is 15.9 Å². The van der Waals surface area contributed by atoms with Gasteiger partial charge in [0.05, 0.1) is 22.8 Å². The summed E-state index contributed by atoms with van der Waals surface area (Å²) in [5, 5.41) is 4.46. The molecule has 0 saturated carbocycles. The first-order valence-electron chi connectivity index (χ1n) is 9.84. The first-order chi connectivity index (χ1) is 14.6. The largest absolute Gasteiger partial charge is 0.381 e. The molecule has 2 heterocycles. The van der Waals surface area contributed by atoms with Gasteiger partial charge >= 0.3 is 0 Å². The standard InChI is InChI=1S/C22H23BrFN5O/c23-20-21(16-4-2-1-3-5-16)29(26-22(20)25)14-19(15-30)28-12-10-27(11-13-28)18-8-6-17(24)7-9-18/h1-9,15,19H,10-14H2,(H2,25,26). The zero-order chi connectivity index (χ0) is 21.1. The Hall–Kier alpha value is -2.71. The average Bonchev–Trinajstić information content (AvgIpc) is 3.06. The number of nitrogens with zero attached hydrogens (tertiary/aromatic N) is 4. The van der Waals surface area contributed by atoms with Crippen molar-refractivity contribution in [3.05, 3.63) is 64.9 Å². The van der Waals surface area contributed by atoms with Gasteiger partial charge in [-0.3, -0.25) is 9.58 Å². The zero-order valence-corrected chi connectivity index (χ0v) is 18.0. The van der Waals surface area contributed by atoms with Gasteiger partial charge in [-0.05, 0) is 40.2 Å². The summed E-state index contributed by atoms with van der Waals surface area (Å²) in [5.41, 5.74) is 8.90. The molecule has 1 saturated heterocycles. The van der Waals surface area contributed by atoms with E-state index in [0.717, 1.165) is 53.9 Å². The molecule has 2 N–H and O–H groups in total. The lowest BCUT2D eigenvalue weighted by Gasteiger charge is -2.38. The first kappa shape index (κ1) is 20.6. The fourth-order valence-electron chi connectivity index (χ4n) is 3.85. The van der Waals surface area contributed by atoms with Crippen LogP contribution in [0.2, 0.25) is 0 Å². The van der Waals surface area contributed by atoms with Crippen molar-refractivity contribution in [2.75, 3.05) is 36.8 Å². The van der Waals surface area contributed by atoms with Crippen molar-refractivity contribution >= 4 is 33.7 Å². The number of hydrogen-bond donors (Lipinski definition) is 1. The molecule has 30 heavy (non-hydrogen) atoms. The normalized spacial score (nSPS) is 15.9. The van der Waals surface area contributed by atoms with Crippen molar-refractivity contribution < 1.29 is 9.18 Å². The lowest BCUT2D eigenvalue weighted by molar-refractivity contribution is -0.113. The van der Waals surface area contributed by atoms with Gasteiger partial charge in [0, 0.05) is 37.4 Å². The molecule has 0 amide bonds. The van der Waals surface area contributed by atoms with E-state index < -0.39 is 0 Å². The molecule has 1 unspecified atom stereocenters. The van der Waals surface area contributed by atoms with E-state index >= 15 is 0 Å². The minimum Gasteiger partial charge on any atom is -0.381 e. The maximum absolute atomic E-state index is 13.2. The van der Waals surface area contributed by atoms with Crippen molar-refractivity contribution in [1.82, 2.24) is 14.7 Å². The molecule has 0 radical (unpaired) electrons. The van der Waals surface area contributed by atoms with Crippen LogP contribution in [-0.4, -0.2) is 53.2 Å². The number of benzene rings is 2. The van der Waals surface area contributed by atoms with E-state index in [1.54, 1.807) is 16.8 Å². The molecule has 1 aromatic heterocycles. The molecular formula is C22H23BrFN5O. The molecular weight excluding hydrogens is 449 g/mol. The van der Waals surface area contributed by atoms with Crippen molar-refractivity contribution in [2.24, 2.45) is 0 Å². The van der Waals surface area contributed by atoms with Gasteiger partial charge in [0.15, 0.2) is 5.82 Å². The van der Waals surface area contributed by atoms with E-state index in [0.29, 0.717) is 12.4 Å². The van der Waals surface area contributed by atoms with Crippen LogP contribution in [0.5, 0.6) is 0 Å². The summed E-state index contributed by atoms with van der Waals surface area (Å²) in [6.45, 7) is 3.43. The number of anilines is 2. The molecule has 0 spiro atoms. The van der Waals surface area contributed by atoms with Crippen LogP contribution < -0.4 is 10.6 Å². The number of halogens is 2. The fraction of sp³-hybridized carbons (Fsp3) is 0.273. The van der Waals surface area contributed by atoms with Crippen LogP contribution in [-0.2, 0) is 11.3 Å². The topological polar surface area (TPSA) is 67.4 Å². The number of aldehydes is 1. The SMILES string of the molecule is Nc1nn(CC(C=O)N2CCN(c3ccc(F)cc3)CC2)c(-c2ccccc2)c1Br. The van der Waals surface area contributed by atoms with Gasteiger partial charge in [0.25, 0.3) is 0 Å². The highest BCUT2D eigenvalue weighted by Crippen LogP contribution is 2.33. The third-order valence-corrected chi connectivity index (χ3v) is 6.24. The summed E-state index contributed by atoms with van der Waals surface area (Å²) < 4.78 is 15.7. The third kappa shape index (κ3) is 4.24. The number of nitrogens with two attached hydrogens (primary N) is 1. The Balaban J connectivity index is 1.48. The first-order valence-corrected chi connectivity index (χ1v) is 10.6. The molecule has 1 atom stereocenters. The van der Waals surface area contributed by atoms with Crippen LogP contribution in [0, 0.1) is 5.82 Å². The van der Waals surface area contributed by atoms with E-state index in [9.17, 15) is 9.18 Å². The highest BCUT2D eigenvalue weighted by Gasteiger charge is 2.26. The summed E-state index contributed by atoms with van der Waals surface area (Å²) >= 11 is 3.54. The number of nitrogen functional groups attached to an aromatic ring is 1. The summed E-state index contributed by atoms with van der Waals surface area (Å²) in [6.07, 6.45) is 0.980. The highest BCUT2D eigenvalue weighted by molar-refractivity contribution is 9.10. The van der Waals surface area contributed by atoms with Crippen molar-refractivity contribution in [3.63, 3.8) is 0 Å². The third-order valence-electron chi connectivity index (χ3n) is 5.46. The van der Waals surface area contributed by atoms with Crippen molar-refractivity contribution in [1.29, 1.82) is 0 Å². The van der Waals surface area contributed by atoms with Crippen LogP contribution in [0.1, 0.15) is 0 Å². The monoisotopic (exact) mass is 471 g/mol. The molecule has 0 aliphatic carbocycles. The highest BCUT2D eigenvalue weighted by atomic mass is 79.9. The Kier molecular flexibility index (Phi) is 6.15. The van der Waals surface area contributed by atoms with Crippen molar-refractivity contribution in [3.8, 4) is 11.3 Å². The maximum Gasteiger partial charge on any atom is 0.160 e. The van der Waals surface area contributed by atoms with Crippen LogP contribution in [0.15, 0.2) is 59.1 Å². The summed E-state index contributed by atoms with van der Waals surface area (Å²) in [6, 6.07) is 16.1. The van der Waals surface area contributed by atoms with Gasteiger partial charge in [-0.2, -0.15) is 5.10 Å². The molecule has 4 rings (SSSR count). The number of carbonyl (C=O) groups excluding carboxylic acids is 1. The van der Waals surface area contributed by atoms with Gasteiger partial charge in [-0.15, -0.1) is 0 Å². The second-order valence-electron chi connectivity index (χ2n) is 7.30. The van der Waals surface area contributed by atoms with Gasteiger partial charge in [0.2, 0.25) is 0 Å². The summed E-state index contributed by atoms with van der Waals surface area (Å²) in [7, 11) is 0. The summed E-state index contributed by atoms with van der Waals surface area (Å²) in [4.78, 5) is 16.3. The molecule has 8 heteroatoms. The molecule has 0 bridgehead atoms. The second kappa shape index (κ2) is 8.97. The van der Waals surface area contributed by atoms with Gasteiger partial charge in [0.1, 0.15) is 12.1 Å². The van der Waals surface area contributed by atoms with Gasteiger partial charge in [-0.25, -0.2) is 4.39 Å². The maximum atomic E-state index is 13.2. The molecule has 1 aliphatic rings. The number of carbonyl (C=O) groups is 1. The lowest BCUT2D eigenvalue weighted by Crippen LogP contribution is -2.52. The van der Waals surface area contributed by atoms with Gasteiger partial charge < -0.3 is 15.4 Å². The lowest BCUT2D eigenvalue weighted by atomic mass is 10.1. The van der Waals surface area contributed by atoms with E-state index in [4.69, 9.17) is 5.73 Å². The van der Waals surface area contributed by atoms with Crippen LogP contribution >= 0.6 is 15.9 Å². The average molecular weight is 472 g/mol. The van der Waals surface area contributed by atoms with E-state index in [2.05, 4.69) is 30.8 Å². The molecule has 1 fully saturated rings. The van der Waals surface area contributed by atoms with E-state index in [-0.39, 0.29) is 11.9 Å². The minimum atomic E-state index is -0.311. The molecule has 2 aromatic carbocycles. The van der Waals surface area contributed by atoms with Crippen LogP contribution in [0.3, 0.4) is 0 Å². The Morgan fingerprint density at radius 1 is 1.07 bits per heavy atom. The molecule has 3 aromatic rings. The summed E-state index contributed by atoms with van der Waals surface area (Å²) in [5.74, 6) is 0.164. The smallest absolute Gasteiger partial charge is 0.160 e. The second-order valence-corrected chi connectivity index (χ2v) is 8.09. The molecule has 1 aliphatic heterocycles. The van der Waals surface area contributed by atoms with Crippen LogP contribution in [0.25, 0.3) is 11.3 Å². The minimum absolute atomic E-state index is 0.239. The van der Waals surface area contributed by atoms with E-state index in [1.807, 2.05) is 30.3 Å². The number of rotatable bonds is 6. The van der Waals surface area contributed by atoms with Gasteiger partial charge in [-0.1, -0.05) is 30.3 Å². The fourth-order valence-corrected chi connectivity index (χ4v) is 4.36.